The van der Waals surface area contributed by atoms with E-state index in [1.807, 2.05) is 0 Å². The van der Waals surface area contributed by atoms with Crippen molar-refractivity contribution in [2.75, 3.05) is 11.5 Å². The van der Waals surface area contributed by atoms with Crippen LogP contribution >= 0.6 is 27.5 Å². The van der Waals surface area contributed by atoms with Gasteiger partial charge >= 0.3 is 0 Å². The Morgan fingerprint density at radius 1 is 1.56 bits per heavy atom. The molecule has 0 aliphatic carbocycles. The summed E-state index contributed by atoms with van der Waals surface area (Å²) in [6.07, 6.45) is 1.74. The number of hydrogen-bond donors (Lipinski definition) is 0. The van der Waals surface area contributed by atoms with E-state index in [0.29, 0.717) is 6.42 Å². The van der Waals surface area contributed by atoms with E-state index in [2.05, 4.69) is 20.9 Å². The van der Waals surface area contributed by atoms with Crippen LogP contribution in [0.3, 0.4) is 0 Å². The molecule has 0 aromatic carbocycles. The highest BCUT2D eigenvalue weighted by Gasteiger charge is 2.30. The van der Waals surface area contributed by atoms with Crippen molar-refractivity contribution in [3.8, 4) is 0 Å². The molecular weight excluding hydrogens is 320 g/mol. The van der Waals surface area contributed by atoms with E-state index in [0.717, 1.165) is 0 Å². The summed E-state index contributed by atoms with van der Waals surface area (Å²) in [6.45, 7) is 0. The van der Waals surface area contributed by atoms with Crippen LogP contribution in [-0.2, 0) is 9.84 Å². The smallest absolute Gasteiger partial charge is 0.269 e. The quantitative estimate of drug-likeness (QED) is 0.722. The van der Waals surface area contributed by atoms with E-state index >= 15 is 0 Å². The second-order valence-corrected chi connectivity index (χ2v) is 7.00. The van der Waals surface area contributed by atoms with Crippen molar-refractivity contribution in [2.24, 2.45) is 0 Å². The van der Waals surface area contributed by atoms with E-state index in [1.165, 1.54) is 10.9 Å². The van der Waals surface area contributed by atoms with Crippen molar-refractivity contribution in [2.45, 2.75) is 12.5 Å². The van der Waals surface area contributed by atoms with Crippen LogP contribution in [0.4, 0.5) is 0 Å². The molecule has 1 saturated heterocycles. The van der Waals surface area contributed by atoms with Gasteiger partial charge in [0.2, 0.25) is 0 Å². The third-order valence-electron chi connectivity index (χ3n) is 2.50. The van der Waals surface area contributed by atoms with Gasteiger partial charge < -0.3 is 0 Å². The molecule has 1 aliphatic rings. The van der Waals surface area contributed by atoms with Gasteiger partial charge in [-0.05, 0) is 22.4 Å². The fourth-order valence-electron chi connectivity index (χ4n) is 1.68. The molecule has 88 valence electrons. The molecule has 1 fully saturated rings. The fourth-order valence-corrected chi connectivity index (χ4v) is 3.82. The molecule has 16 heavy (non-hydrogen) atoms. The van der Waals surface area contributed by atoms with Crippen molar-refractivity contribution >= 4 is 37.4 Å². The number of aromatic nitrogens is 2. The molecule has 0 N–H and O–H groups in total. The summed E-state index contributed by atoms with van der Waals surface area (Å²) in [5.74, 6) is 0.104. The largest absolute Gasteiger partial charge is 0.294 e. The molecule has 1 aromatic rings. The van der Waals surface area contributed by atoms with E-state index in [1.54, 1.807) is 0 Å². The first-order valence-electron chi connectivity index (χ1n) is 4.53. The number of sulfone groups is 1. The van der Waals surface area contributed by atoms with Crippen molar-refractivity contribution in [3.63, 3.8) is 0 Å². The summed E-state index contributed by atoms with van der Waals surface area (Å²) in [6, 6.07) is -0.335. The monoisotopic (exact) mass is 326 g/mol. The van der Waals surface area contributed by atoms with Gasteiger partial charge in [0.25, 0.3) is 5.56 Å². The van der Waals surface area contributed by atoms with Crippen LogP contribution in [0.5, 0.6) is 0 Å². The van der Waals surface area contributed by atoms with Crippen LogP contribution < -0.4 is 5.56 Å². The standard InChI is InChI=1S/C8H8BrClN2O3S/c9-6-7(10)11-4-12(8(6)13)5-1-2-16(14,15)3-5/h4-5H,1-3H2. The summed E-state index contributed by atoms with van der Waals surface area (Å²) in [5.41, 5.74) is -0.345. The first kappa shape index (κ1) is 12.1. The molecular formula is C8H8BrClN2O3S. The van der Waals surface area contributed by atoms with E-state index < -0.39 is 9.84 Å². The van der Waals surface area contributed by atoms with Gasteiger partial charge in [0, 0.05) is 0 Å². The van der Waals surface area contributed by atoms with Crippen LogP contribution in [0.15, 0.2) is 15.6 Å². The summed E-state index contributed by atoms with van der Waals surface area (Å²) in [5, 5.41) is 0.0853. The summed E-state index contributed by atoms with van der Waals surface area (Å²) < 4.78 is 24.1. The zero-order valence-electron chi connectivity index (χ0n) is 8.06. The van der Waals surface area contributed by atoms with Gasteiger partial charge in [-0.1, -0.05) is 11.6 Å². The van der Waals surface area contributed by atoms with Crippen LogP contribution in [-0.4, -0.2) is 29.5 Å². The van der Waals surface area contributed by atoms with Crippen molar-refractivity contribution in [1.29, 1.82) is 0 Å². The third kappa shape index (κ3) is 2.16. The Labute approximate surface area is 105 Å². The predicted octanol–water partition coefficient (Wildman–Crippen LogP) is 1.02. The zero-order valence-corrected chi connectivity index (χ0v) is 11.2. The van der Waals surface area contributed by atoms with Crippen LogP contribution in [0.25, 0.3) is 0 Å². The molecule has 0 bridgehead atoms. The Kier molecular flexibility index (Phi) is 3.11. The van der Waals surface area contributed by atoms with Crippen LogP contribution in [0.2, 0.25) is 5.15 Å². The highest BCUT2D eigenvalue weighted by atomic mass is 79.9. The van der Waals surface area contributed by atoms with Gasteiger partial charge in [0.05, 0.1) is 23.9 Å². The first-order chi connectivity index (χ1) is 7.41. The Hall–Kier alpha value is -0.400. The number of nitrogens with zero attached hydrogens (tertiary/aromatic N) is 2. The maximum atomic E-state index is 11.8. The van der Waals surface area contributed by atoms with Gasteiger partial charge in [-0.25, -0.2) is 13.4 Å². The highest BCUT2D eigenvalue weighted by molar-refractivity contribution is 9.10. The van der Waals surface area contributed by atoms with Crippen molar-refractivity contribution < 1.29 is 8.42 Å². The molecule has 0 radical (unpaired) electrons. The molecule has 2 rings (SSSR count). The SMILES string of the molecule is O=c1c(Br)c(Cl)ncn1C1CCS(=O)(=O)C1. The average molecular weight is 328 g/mol. The lowest BCUT2D eigenvalue weighted by molar-refractivity contribution is 0.528. The molecule has 5 nitrogen and oxygen atoms in total. The Balaban J connectivity index is 2.44. The molecule has 2 heterocycles. The normalized spacial score (nSPS) is 23.5. The van der Waals surface area contributed by atoms with E-state index in [4.69, 9.17) is 11.6 Å². The minimum Gasteiger partial charge on any atom is -0.294 e. The lowest BCUT2D eigenvalue weighted by Crippen LogP contribution is -2.26. The maximum Gasteiger partial charge on any atom is 0.269 e. The third-order valence-corrected chi connectivity index (χ3v) is 5.48. The Bertz CT molecular complexity index is 583. The van der Waals surface area contributed by atoms with E-state index in [-0.39, 0.29) is 32.7 Å². The molecule has 1 aliphatic heterocycles. The lowest BCUT2D eigenvalue weighted by Gasteiger charge is -2.11. The Morgan fingerprint density at radius 2 is 2.25 bits per heavy atom. The first-order valence-corrected chi connectivity index (χ1v) is 7.52. The maximum absolute atomic E-state index is 11.8. The molecule has 1 unspecified atom stereocenters. The van der Waals surface area contributed by atoms with Gasteiger partial charge in [0.15, 0.2) is 15.0 Å². The number of hydrogen-bond acceptors (Lipinski definition) is 4. The van der Waals surface area contributed by atoms with Crippen LogP contribution in [0.1, 0.15) is 12.5 Å². The van der Waals surface area contributed by atoms with E-state index in [9.17, 15) is 13.2 Å². The van der Waals surface area contributed by atoms with Gasteiger partial charge in [-0.2, -0.15) is 0 Å². The van der Waals surface area contributed by atoms with Gasteiger partial charge in [0.1, 0.15) is 4.47 Å². The van der Waals surface area contributed by atoms with Crippen molar-refractivity contribution in [1.82, 2.24) is 9.55 Å². The summed E-state index contributed by atoms with van der Waals surface area (Å²) in [7, 11) is -3.02. The molecule has 0 amide bonds. The molecule has 0 saturated carbocycles. The number of rotatable bonds is 1. The topological polar surface area (TPSA) is 69.0 Å². The van der Waals surface area contributed by atoms with Gasteiger partial charge in [-0.15, -0.1) is 0 Å². The fraction of sp³-hybridized carbons (Fsp3) is 0.500. The summed E-state index contributed by atoms with van der Waals surface area (Å²) in [4.78, 5) is 15.6. The highest BCUT2D eigenvalue weighted by Crippen LogP contribution is 2.23. The zero-order chi connectivity index (χ0) is 11.9. The molecule has 1 atom stereocenters. The molecule has 8 heteroatoms. The minimum absolute atomic E-state index is 0.0113. The summed E-state index contributed by atoms with van der Waals surface area (Å²) >= 11 is 8.69. The van der Waals surface area contributed by atoms with Crippen LogP contribution in [0, 0.1) is 0 Å². The lowest BCUT2D eigenvalue weighted by atomic mass is 10.2. The predicted molar refractivity (Wildman–Crippen MR) is 63.5 cm³/mol. The van der Waals surface area contributed by atoms with Gasteiger partial charge in [-0.3, -0.25) is 9.36 Å². The van der Waals surface area contributed by atoms with Crippen molar-refractivity contribution in [3.05, 3.63) is 26.3 Å². The molecule has 1 aromatic heterocycles. The second kappa shape index (κ2) is 4.12. The Morgan fingerprint density at radius 3 is 2.81 bits per heavy atom. The molecule has 0 spiro atoms. The average Bonchev–Trinajstić information content (AvgIpc) is 2.55. The number of halogens is 2. The minimum atomic E-state index is -3.02. The second-order valence-electron chi connectivity index (χ2n) is 3.62.